The lowest BCUT2D eigenvalue weighted by molar-refractivity contribution is -0.134. The minimum Gasteiger partial charge on any atom is -0.367 e. The molecule has 7 heteroatoms. The Balaban J connectivity index is 1.99. The first-order valence-corrected chi connectivity index (χ1v) is 8.12. The van der Waals surface area contributed by atoms with Gasteiger partial charge in [-0.15, -0.1) is 0 Å². The fraction of sp³-hybridized carbons (Fsp3) is 0.500. The summed E-state index contributed by atoms with van der Waals surface area (Å²) >= 11 is 6.22. The van der Waals surface area contributed by atoms with Gasteiger partial charge in [0.1, 0.15) is 6.04 Å². The number of benzene rings is 1. The maximum Gasteiger partial charge on any atom is 0.312 e. The van der Waals surface area contributed by atoms with Gasteiger partial charge < -0.3 is 20.9 Å². The zero-order valence-electron chi connectivity index (χ0n) is 13.5. The van der Waals surface area contributed by atoms with E-state index in [4.69, 9.17) is 17.3 Å². The zero-order valence-corrected chi connectivity index (χ0v) is 14.2. The Labute approximate surface area is 141 Å². The van der Waals surface area contributed by atoms with Crippen LogP contribution in [-0.2, 0) is 4.79 Å². The van der Waals surface area contributed by atoms with Gasteiger partial charge in [0.2, 0.25) is 5.91 Å². The molecule has 6 nitrogen and oxygen atoms in total. The van der Waals surface area contributed by atoms with Gasteiger partial charge >= 0.3 is 6.03 Å². The number of hydrogen-bond donors (Lipinski definition) is 2. The minimum atomic E-state index is -0.674. The van der Waals surface area contributed by atoms with E-state index in [0.29, 0.717) is 31.2 Å². The number of piperazine rings is 1. The molecule has 1 heterocycles. The molecule has 3 amide bonds. The summed E-state index contributed by atoms with van der Waals surface area (Å²) in [6.07, 6.45) is 0. The maximum absolute atomic E-state index is 12.6. The van der Waals surface area contributed by atoms with Gasteiger partial charge in [0.05, 0.1) is 10.7 Å². The molecule has 1 fully saturated rings. The van der Waals surface area contributed by atoms with Crippen molar-refractivity contribution in [2.24, 2.45) is 11.7 Å². The first kappa shape index (κ1) is 17.4. The maximum atomic E-state index is 12.6. The number of para-hydroxylation sites is 1. The van der Waals surface area contributed by atoms with E-state index in [9.17, 15) is 9.59 Å². The Hall–Kier alpha value is -1.95. The van der Waals surface area contributed by atoms with Gasteiger partial charge in [0, 0.05) is 26.2 Å². The molecule has 1 aromatic rings. The van der Waals surface area contributed by atoms with Crippen LogP contribution in [0.5, 0.6) is 0 Å². The van der Waals surface area contributed by atoms with Crippen LogP contribution in [0.3, 0.4) is 0 Å². The largest absolute Gasteiger partial charge is 0.367 e. The van der Waals surface area contributed by atoms with Gasteiger partial charge in [-0.1, -0.05) is 37.6 Å². The highest BCUT2D eigenvalue weighted by Gasteiger charge is 2.30. The van der Waals surface area contributed by atoms with Crippen LogP contribution in [0.1, 0.15) is 13.8 Å². The fourth-order valence-corrected chi connectivity index (χ4v) is 2.99. The van der Waals surface area contributed by atoms with E-state index in [1.807, 2.05) is 38.1 Å². The number of carbonyl (C=O) groups excluding carboxylic acids is 2. The molecular weight excluding hydrogens is 316 g/mol. The molecule has 126 valence electrons. The van der Waals surface area contributed by atoms with Crippen molar-refractivity contribution in [3.05, 3.63) is 29.3 Å². The highest BCUT2D eigenvalue weighted by atomic mass is 35.5. The second-order valence-electron chi connectivity index (χ2n) is 5.99. The Kier molecular flexibility index (Phi) is 5.71. The summed E-state index contributed by atoms with van der Waals surface area (Å²) in [6.45, 7) is 6.37. The second kappa shape index (κ2) is 7.55. The van der Waals surface area contributed by atoms with Crippen LogP contribution >= 0.6 is 11.6 Å². The predicted octanol–water partition coefficient (Wildman–Crippen LogP) is 1.68. The van der Waals surface area contributed by atoms with Crippen molar-refractivity contribution in [3.63, 3.8) is 0 Å². The van der Waals surface area contributed by atoms with Gasteiger partial charge in [-0.05, 0) is 18.1 Å². The number of rotatable bonds is 4. The van der Waals surface area contributed by atoms with Crippen LogP contribution in [0.2, 0.25) is 5.02 Å². The number of halogens is 1. The van der Waals surface area contributed by atoms with Gasteiger partial charge in [-0.3, -0.25) is 4.79 Å². The first-order chi connectivity index (χ1) is 10.9. The molecule has 0 saturated carbocycles. The number of amides is 3. The van der Waals surface area contributed by atoms with Crippen LogP contribution in [0.4, 0.5) is 10.5 Å². The zero-order chi connectivity index (χ0) is 17.0. The quantitative estimate of drug-likeness (QED) is 0.876. The number of nitrogens with two attached hydrogens (primary N) is 1. The Morgan fingerprint density at radius 2 is 1.78 bits per heavy atom. The Morgan fingerprint density at radius 3 is 2.30 bits per heavy atom. The summed E-state index contributed by atoms with van der Waals surface area (Å²) in [6, 6.07) is 6.43. The molecule has 0 bridgehead atoms. The van der Waals surface area contributed by atoms with Crippen molar-refractivity contribution in [2.75, 3.05) is 31.1 Å². The monoisotopic (exact) mass is 338 g/mol. The lowest BCUT2D eigenvalue weighted by atomic mass is 10.0. The number of anilines is 1. The lowest BCUT2D eigenvalue weighted by Crippen LogP contribution is -2.57. The summed E-state index contributed by atoms with van der Waals surface area (Å²) in [7, 11) is 0. The summed E-state index contributed by atoms with van der Waals surface area (Å²) < 4.78 is 0. The van der Waals surface area contributed by atoms with Crippen molar-refractivity contribution in [2.45, 2.75) is 19.9 Å². The molecule has 1 aliphatic heterocycles. The molecule has 0 spiro atoms. The molecule has 0 aromatic heterocycles. The third-order valence-electron chi connectivity index (χ3n) is 4.01. The van der Waals surface area contributed by atoms with Crippen molar-refractivity contribution >= 4 is 29.2 Å². The Bertz CT molecular complexity index is 571. The predicted molar refractivity (Wildman–Crippen MR) is 91.6 cm³/mol. The molecule has 1 saturated heterocycles. The van der Waals surface area contributed by atoms with Crippen LogP contribution in [0.25, 0.3) is 0 Å². The minimum absolute atomic E-state index is 0.0170. The van der Waals surface area contributed by atoms with Gasteiger partial charge in [-0.25, -0.2) is 4.79 Å². The first-order valence-electron chi connectivity index (χ1n) is 7.74. The number of hydrogen-bond acceptors (Lipinski definition) is 3. The third-order valence-corrected chi connectivity index (χ3v) is 4.33. The molecule has 1 atom stereocenters. The van der Waals surface area contributed by atoms with E-state index in [1.165, 1.54) is 0 Å². The number of primary amides is 1. The molecule has 0 aliphatic carbocycles. The molecule has 1 unspecified atom stereocenters. The summed E-state index contributed by atoms with van der Waals surface area (Å²) in [5.41, 5.74) is 6.15. The number of carbonyl (C=O) groups is 2. The average molecular weight is 339 g/mol. The highest BCUT2D eigenvalue weighted by molar-refractivity contribution is 6.33. The summed E-state index contributed by atoms with van der Waals surface area (Å²) in [5, 5.41) is 3.25. The van der Waals surface area contributed by atoms with E-state index in [1.54, 1.807) is 4.90 Å². The molecule has 3 N–H and O–H groups in total. The van der Waals surface area contributed by atoms with Crippen molar-refractivity contribution in [3.8, 4) is 0 Å². The van der Waals surface area contributed by atoms with E-state index < -0.39 is 12.1 Å². The normalized spacial score (nSPS) is 16.3. The van der Waals surface area contributed by atoms with Crippen LogP contribution in [0, 0.1) is 5.92 Å². The summed E-state index contributed by atoms with van der Waals surface area (Å²) in [5.74, 6) is -0.103. The fourth-order valence-electron chi connectivity index (χ4n) is 2.74. The standard InChI is InChI=1S/C16H23ClN4O2/c1-11(2)14(19-16(18)23)15(22)21-9-7-20(8-10-21)13-6-4-3-5-12(13)17/h3-6,11,14H,7-10H2,1-2H3,(H3,18,19,23). The third kappa shape index (κ3) is 4.28. The number of nitrogens with one attached hydrogen (secondary N) is 1. The van der Waals surface area contributed by atoms with E-state index in [-0.39, 0.29) is 11.8 Å². The van der Waals surface area contributed by atoms with Gasteiger partial charge in [0.15, 0.2) is 0 Å². The smallest absolute Gasteiger partial charge is 0.312 e. The molecular formula is C16H23ClN4O2. The van der Waals surface area contributed by atoms with Crippen LogP contribution in [0.15, 0.2) is 24.3 Å². The number of urea groups is 1. The SMILES string of the molecule is CC(C)C(NC(N)=O)C(=O)N1CCN(c2ccccc2Cl)CC1. The lowest BCUT2D eigenvalue weighted by Gasteiger charge is -2.38. The van der Waals surface area contributed by atoms with Crippen molar-refractivity contribution in [1.29, 1.82) is 0 Å². The number of nitrogens with zero attached hydrogens (tertiary/aromatic N) is 2. The van der Waals surface area contributed by atoms with Gasteiger partial charge in [-0.2, -0.15) is 0 Å². The van der Waals surface area contributed by atoms with E-state index in [0.717, 1.165) is 5.69 Å². The highest BCUT2D eigenvalue weighted by Crippen LogP contribution is 2.26. The average Bonchev–Trinajstić information content (AvgIpc) is 2.52. The van der Waals surface area contributed by atoms with Crippen LogP contribution in [-0.4, -0.2) is 49.1 Å². The van der Waals surface area contributed by atoms with E-state index in [2.05, 4.69) is 10.2 Å². The second-order valence-corrected chi connectivity index (χ2v) is 6.40. The van der Waals surface area contributed by atoms with E-state index >= 15 is 0 Å². The van der Waals surface area contributed by atoms with Crippen LogP contribution < -0.4 is 16.0 Å². The van der Waals surface area contributed by atoms with Gasteiger partial charge in [0.25, 0.3) is 0 Å². The molecule has 0 radical (unpaired) electrons. The molecule has 1 aromatic carbocycles. The summed E-state index contributed by atoms with van der Waals surface area (Å²) in [4.78, 5) is 27.6. The molecule has 2 rings (SSSR count). The van der Waals surface area contributed by atoms with Crippen molar-refractivity contribution < 1.29 is 9.59 Å². The topological polar surface area (TPSA) is 78.7 Å². The molecule has 1 aliphatic rings. The molecule has 23 heavy (non-hydrogen) atoms. The Morgan fingerprint density at radius 1 is 1.17 bits per heavy atom. The van der Waals surface area contributed by atoms with Crippen molar-refractivity contribution in [1.82, 2.24) is 10.2 Å².